The molecular weight excluding hydrogens is 278 g/mol. The molecule has 4 nitrogen and oxygen atoms in total. The highest BCUT2D eigenvalue weighted by Gasteiger charge is 2.32. The summed E-state index contributed by atoms with van der Waals surface area (Å²) in [6.45, 7) is -0.632. The molecule has 21 heavy (non-hydrogen) atoms. The van der Waals surface area contributed by atoms with Gasteiger partial charge in [0.2, 0.25) is 0 Å². The van der Waals surface area contributed by atoms with Gasteiger partial charge in [0.05, 0.1) is 5.56 Å². The van der Waals surface area contributed by atoms with Gasteiger partial charge < -0.3 is 15.4 Å². The van der Waals surface area contributed by atoms with Crippen LogP contribution in [0.5, 0.6) is 5.75 Å². The fourth-order valence-electron chi connectivity index (χ4n) is 2.87. The van der Waals surface area contributed by atoms with Gasteiger partial charge in [0.25, 0.3) is 5.91 Å². The average molecular weight is 298 g/mol. The van der Waals surface area contributed by atoms with Crippen LogP contribution in [0.4, 0.5) is 8.78 Å². The van der Waals surface area contributed by atoms with Crippen LogP contribution in [0.3, 0.4) is 0 Å². The molecule has 1 aliphatic rings. The second kappa shape index (κ2) is 6.85. The van der Waals surface area contributed by atoms with Gasteiger partial charge in [0.15, 0.2) is 0 Å². The van der Waals surface area contributed by atoms with Gasteiger partial charge in [-0.25, -0.2) is 0 Å². The second-order valence-electron chi connectivity index (χ2n) is 5.26. The average Bonchev–Trinajstić information content (AvgIpc) is 2.46. The van der Waals surface area contributed by atoms with Gasteiger partial charge in [-0.3, -0.25) is 4.79 Å². The minimum absolute atomic E-state index is 0.0411. The lowest BCUT2D eigenvalue weighted by molar-refractivity contribution is -0.0504. The van der Waals surface area contributed by atoms with E-state index in [0.29, 0.717) is 6.54 Å². The van der Waals surface area contributed by atoms with Gasteiger partial charge in [0, 0.05) is 18.6 Å². The predicted octanol–water partition coefficient (Wildman–Crippen LogP) is 2.63. The number of halogens is 2. The monoisotopic (exact) mass is 298 g/mol. The molecule has 116 valence electrons. The lowest BCUT2D eigenvalue weighted by Gasteiger charge is -2.40. The maximum atomic E-state index is 12.7. The number of carbonyl (C=O) groups is 1. The Bertz CT molecular complexity index is 496. The van der Waals surface area contributed by atoms with Crippen LogP contribution in [0, 0.1) is 0 Å². The van der Waals surface area contributed by atoms with Crippen molar-refractivity contribution in [3.8, 4) is 5.75 Å². The first-order valence-electron chi connectivity index (χ1n) is 7.11. The van der Waals surface area contributed by atoms with Crippen LogP contribution in [-0.2, 0) is 0 Å². The van der Waals surface area contributed by atoms with Crippen LogP contribution in [0.25, 0.3) is 0 Å². The number of nitrogens with zero attached hydrogens (tertiary/aromatic N) is 1. The van der Waals surface area contributed by atoms with Crippen molar-refractivity contribution < 1.29 is 18.3 Å². The van der Waals surface area contributed by atoms with Crippen molar-refractivity contribution in [2.75, 3.05) is 6.54 Å². The number of likely N-dealkylation sites (tertiary alicyclic amines) is 1. The second-order valence-corrected chi connectivity index (χ2v) is 5.26. The van der Waals surface area contributed by atoms with Gasteiger partial charge in [-0.1, -0.05) is 12.1 Å². The normalized spacial score (nSPS) is 22.4. The zero-order valence-electron chi connectivity index (χ0n) is 12.0. The fraction of sp³-hybridized carbons (Fsp3) is 0.533. The molecule has 2 unspecified atom stereocenters. The molecule has 2 N–H and O–H groups in total. The van der Waals surface area contributed by atoms with E-state index in [1.165, 1.54) is 12.1 Å². The Morgan fingerprint density at radius 2 is 2.14 bits per heavy atom. The van der Waals surface area contributed by atoms with E-state index in [1.54, 1.807) is 17.0 Å². The summed E-state index contributed by atoms with van der Waals surface area (Å²) in [6, 6.07) is 6.08. The van der Waals surface area contributed by atoms with E-state index in [-0.39, 0.29) is 29.3 Å². The summed E-state index contributed by atoms with van der Waals surface area (Å²) < 4.78 is 29.4. The lowest BCUT2D eigenvalue weighted by atomic mass is 9.95. The van der Waals surface area contributed by atoms with Gasteiger partial charge >= 0.3 is 6.61 Å². The topological polar surface area (TPSA) is 55.6 Å². The molecule has 6 heteroatoms. The van der Waals surface area contributed by atoms with E-state index in [2.05, 4.69) is 4.74 Å². The highest BCUT2D eigenvalue weighted by molar-refractivity contribution is 5.97. The van der Waals surface area contributed by atoms with E-state index >= 15 is 0 Å². The molecule has 2 rings (SSSR count). The quantitative estimate of drug-likeness (QED) is 0.929. The highest BCUT2D eigenvalue weighted by Crippen LogP contribution is 2.28. The van der Waals surface area contributed by atoms with Crippen LogP contribution >= 0.6 is 0 Å². The van der Waals surface area contributed by atoms with Gasteiger partial charge in [-0.15, -0.1) is 0 Å². The van der Waals surface area contributed by atoms with Crippen LogP contribution in [-0.4, -0.2) is 36.0 Å². The minimum atomic E-state index is -2.96. The first-order chi connectivity index (χ1) is 10.0. The third-order valence-corrected chi connectivity index (χ3v) is 3.87. The molecule has 1 aromatic rings. The Morgan fingerprint density at radius 1 is 1.43 bits per heavy atom. The van der Waals surface area contributed by atoms with Gasteiger partial charge in [0.1, 0.15) is 5.75 Å². The van der Waals surface area contributed by atoms with Crippen LogP contribution in [0.1, 0.15) is 36.5 Å². The van der Waals surface area contributed by atoms with E-state index in [1.807, 2.05) is 6.92 Å². The molecule has 1 aromatic carbocycles. The maximum absolute atomic E-state index is 12.7. The molecule has 0 spiro atoms. The number of amides is 1. The van der Waals surface area contributed by atoms with Gasteiger partial charge in [-0.2, -0.15) is 8.78 Å². The SMILES string of the molecule is CC1CCCC(CN)N1C(=O)c1ccccc1OC(F)F. The fourth-order valence-corrected chi connectivity index (χ4v) is 2.87. The number of benzene rings is 1. The van der Waals surface area contributed by atoms with E-state index < -0.39 is 6.61 Å². The Morgan fingerprint density at radius 3 is 2.81 bits per heavy atom. The third kappa shape index (κ3) is 3.50. The largest absolute Gasteiger partial charge is 0.434 e. The van der Waals surface area contributed by atoms with Crippen LogP contribution in [0.15, 0.2) is 24.3 Å². The predicted molar refractivity (Wildman–Crippen MR) is 75.4 cm³/mol. The number of rotatable bonds is 4. The summed E-state index contributed by atoms with van der Waals surface area (Å²) in [7, 11) is 0. The summed E-state index contributed by atoms with van der Waals surface area (Å²) in [4.78, 5) is 14.4. The molecule has 1 amide bonds. The number of piperidine rings is 1. The lowest BCUT2D eigenvalue weighted by Crippen LogP contribution is -2.51. The molecule has 0 aromatic heterocycles. The Hall–Kier alpha value is -1.69. The minimum Gasteiger partial charge on any atom is -0.434 e. The van der Waals surface area contributed by atoms with Crippen molar-refractivity contribution in [1.82, 2.24) is 4.90 Å². The molecule has 1 fully saturated rings. The van der Waals surface area contributed by atoms with Crippen molar-refractivity contribution in [3.05, 3.63) is 29.8 Å². The molecule has 1 saturated heterocycles. The summed E-state index contributed by atoms with van der Waals surface area (Å²) in [5, 5.41) is 0. The Labute approximate surface area is 122 Å². The summed E-state index contributed by atoms with van der Waals surface area (Å²) in [6.07, 6.45) is 2.74. The molecule has 0 radical (unpaired) electrons. The molecule has 2 atom stereocenters. The van der Waals surface area contributed by atoms with Crippen molar-refractivity contribution in [2.45, 2.75) is 44.9 Å². The third-order valence-electron chi connectivity index (χ3n) is 3.87. The number of hydrogen-bond donors (Lipinski definition) is 1. The Balaban J connectivity index is 2.29. The first kappa shape index (κ1) is 15.7. The van der Waals surface area contributed by atoms with E-state index in [4.69, 9.17) is 5.73 Å². The number of para-hydroxylation sites is 1. The molecule has 0 aliphatic carbocycles. The Kier molecular flexibility index (Phi) is 5.12. The number of carbonyl (C=O) groups excluding carboxylic acids is 1. The van der Waals surface area contributed by atoms with E-state index in [9.17, 15) is 13.6 Å². The van der Waals surface area contributed by atoms with Crippen LogP contribution < -0.4 is 10.5 Å². The highest BCUT2D eigenvalue weighted by atomic mass is 19.3. The van der Waals surface area contributed by atoms with Gasteiger partial charge in [-0.05, 0) is 38.3 Å². The van der Waals surface area contributed by atoms with Crippen molar-refractivity contribution in [1.29, 1.82) is 0 Å². The molecular formula is C15H20F2N2O2. The molecule has 0 bridgehead atoms. The maximum Gasteiger partial charge on any atom is 0.387 e. The number of hydrogen-bond acceptors (Lipinski definition) is 3. The zero-order chi connectivity index (χ0) is 15.4. The molecule has 0 saturated carbocycles. The number of ether oxygens (including phenoxy) is 1. The molecule has 1 heterocycles. The van der Waals surface area contributed by atoms with E-state index in [0.717, 1.165) is 19.3 Å². The number of nitrogens with two attached hydrogens (primary N) is 1. The van der Waals surface area contributed by atoms with Crippen molar-refractivity contribution >= 4 is 5.91 Å². The van der Waals surface area contributed by atoms with Crippen molar-refractivity contribution in [3.63, 3.8) is 0 Å². The smallest absolute Gasteiger partial charge is 0.387 e. The summed E-state index contributed by atoms with van der Waals surface area (Å²) in [5.41, 5.74) is 5.90. The van der Waals surface area contributed by atoms with Crippen molar-refractivity contribution in [2.24, 2.45) is 5.73 Å². The van der Waals surface area contributed by atoms with Crippen LogP contribution in [0.2, 0.25) is 0 Å². The standard InChI is InChI=1S/C15H20F2N2O2/c1-10-5-4-6-11(9-18)19(10)14(20)12-7-2-3-8-13(12)21-15(16)17/h2-3,7-8,10-11,15H,4-6,9,18H2,1H3. The summed E-state index contributed by atoms with van der Waals surface area (Å²) >= 11 is 0. The molecule has 1 aliphatic heterocycles. The first-order valence-corrected chi connectivity index (χ1v) is 7.11. The zero-order valence-corrected chi connectivity index (χ0v) is 12.0. The summed E-state index contributed by atoms with van der Waals surface area (Å²) in [5.74, 6) is -0.389. The number of alkyl halides is 2.